The molecule has 2 saturated heterocycles. The molecular formula is C31H34N2O6. The summed E-state index contributed by atoms with van der Waals surface area (Å²) in [6, 6.07) is 13.0. The van der Waals surface area contributed by atoms with Gasteiger partial charge < -0.3 is 24.4 Å². The number of anilines is 1. The fraction of sp³-hybridized carbons (Fsp3) is 0.452. The number of carbonyl (C=O) groups excluding carboxylic acids is 3. The molecule has 0 aliphatic carbocycles. The lowest BCUT2D eigenvalue weighted by molar-refractivity contribution is -0.156. The summed E-state index contributed by atoms with van der Waals surface area (Å²) in [6.45, 7) is 2.76. The van der Waals surface area contributed by atoms with Crippen molar-refractivity contribution >= 4 is 34.2 Å². The first-order chi connectivity index (χ1) is 18.9. The highest BCUT2D eigenvalue weighted by molar-refractivity contribution is 6.06. The molecule has 0 saturated carbocycles. The van der Waals surface area contributed by atoms with Crippen LogP contribution in [0.4, 0.5) is 5.69 Å². The van der Waals surface area contributed by atoms with Crippen molar-refractivity contribution in [2.24, 2.45) is 11.8 Å². The molecule has 0 bridgehead atoms. The van der Waals surface area contributed by atoms with Gasteiger partial charge in [0.25, 0.3) is 5.91 Å². The van der Waals surface area contributed by atoms with Crippen LogP contribution in [0.2, 0.25) is 0 Å². The number of carbonyl (C=O) groups is 3. The fourth-order valence-corrected chi connectivity index (χ4v) is 6.92. The summed E-state index contributed by atoms with van der Waals surface area (Å²) in [5.74, 6) is -2.66. The van der Waals surface area contributed by atoms with Crippen LogP contribution in [-0.2, 0) is 23.9 Å². The van der Waals surface area contributed by atoms with Gasteiger partial charge in [0.15, 0.2) is 0 Å². The van der Waals surface area contributed by atoms with Gasteiger partial charge in [-0.2, -0.15) is 0 Å². The molecular weight excluding hydrogens is 496 g/mol. The van der Waals surface area contributed by atoms with Crippen molar-refractivity contribution < 1.29 is 29.0 Å². The first-order valence-electron chi connectivity index (χ1n) is 13.8. The summed E-state index contributed by atoms with van der Waals surface area (Å²) < 4.78 is 12.2. The van der Waals surface area contributed by atoms with Gasteiger partial charge in [-0.25, -0.2) is 0 Å². The van der Waals surface area contributed by atoms with E-state index < -0.39 is 35.0 Å². The summed E-state index contributed by atoms with van der Waals surface area (Å²) in [5.41, 5.74) is -1.61. The summed E-state index contributed by atoms with van der Waals surface area (Å²) >= 11 is 0. The Balaban J connectivity index is 1.41. The van der Waals surface area contributed by atoms with Crippen LogP contribution in [0.15, 0.2) is 66.8 Å². The predicted octanol–water partition coefficient (Wildman–Crippen LogP) is 3.38. The van der Waals surface area contributed by atoms with Crippen molar-refractivity contribution in [2.75, 3.05) is 31.2 Å². The number of unbranched alkanes of at least 4 members (excludes halogenated alkanes) is 3. The first-order valence-corrected chi connectivity index (χ1v) is 13.8. The second-order valence-electron chi connectivity index (χ2n) is 11.1. The molecule has 1 spiro atoms. The third kappa shape index (κ3) is 4.08. The maximum atomic E-state index is 14.5. The zero-order valence-corrected chi connectivity index (χ0v) is 22.1. The number of benzene rings is 2. The number of rotatable bonds is 7. The van der Waals surface area contributed by atoms with Gasteiger partial charge in [0.2, 0.25) is 5.91 Å². The average Bonchev–Trinajstić information content (AvgIpc) is 3.18. The molecule has 4 aliphatic rings. The second-order valence-corrected chi connectivity index (χ2v) is 11.1. The van der Waals surface area contributed by atoms with Crippen LogP contribution in [0.5, 0.6) is 0 Å². The highest BCUT2D eigenvalue weighted by Gasteiger charge is 2.74. The number of amides is 2. The van der Waals surface area contributed by atoms with Gasteiger partial charge >= 0.3 is 5.97 Å². The first kappa shape index (κ1) is 25.8. The Labute approximate surface area is 227 Å². The molecule has 4 heterocycles. The van der Waals surface area contributed by atoms with Crippen molar-refractivity contribution in [1.82, 2.24) is 4.90 Å². The van der Waals surface area contributed by atoms with Crippen molar-refractivity contribution in [1.29, 1.82) is 0 Å². The van der Waals surface area contributed by atoms with E-state index in [4.69, 9.17) is 14.6 Å². The average molecular weight is 531 g/mol. The highest BCUT2D eigenvalue weighted by atomic mass is 16.6. The van der Waals surface area contributed by atoms with E-state index in [1.807, 2.05) is 67.6 Å². The molecule has 8 nitrogen and oxygen atoms in total. The summed E-state index contributed by atoms with van der Waals surface area (Å²) in [5, 5.41) is 11.2. The van der Waals surface area contributed by atoms with Crippen LogP contribution in [0.3, 0.4) is 0 Å². The molecule has 2 amide bonds. The largest absolute Gasteiger partial charge is 0.461 e. The monoisotopic (exact) mass is 530 g/mol. The minimum atomic E-state index is -1.29. The van der Waals surface area contributed by atoms with Crippen molar-refractivity contribution in [2.45, 2.75) is 49.9 Å². The molecule has 5 atom stereocenters. The molecule has 0 aromatic heterocycles. The zero-order valence-electron chi connectivity index (χ0n) is 22.1. The number of esters is 1. The van der Waals surface area contributed by atoms with Gasteiger partial charge in [0, 0.05) is 25.4 Å². The quantitative estimate of drug-likeness (QED) is 0.335. The van der Waals surface area contributed by atoms with E-state index in [1.165, 1.54) is 0 Å². The van der Waals surface area contributed by atoms with Crippen molar-refractivity contribution in [3.8, 4) is 0 Å². The number of nitrogens with zero attached hydrogens (tertiary/aromatic N) is 2. The van der Waals surface area contributed by atoms with Gasteiger partial charge in [-0.05, 0) is 48.7 Å². The van der Waals surface area contributed by atoms with Crippen LogP contribution in [0.1, 0.15) is 32.6 Å². The molecule has 8 heteroatoms. The van der Waals surface area contributed by atoms with E-state index in [1.54, 1.807) is 15.9 Å². The topological polar surface area (TPSA) is 96.4 Å². The summed E-state index contributed by atoms with van der Waals surface area (Å²) in [7, 11) is 0. The lowest BCUT2D eigenvalue weighted by Crippen LogP contribution is -2.56. The number of fused-ring (bicyclic) bond motifs is 3. The van der Waals surface area contributed by atoms with E-state index >= 15 is 0 Å². The van der Waals surface area contributed by atoms with Crippen molar-refractivity contribution in [3.63, 3.8) is 0 Å². The van der Waals surface area contributed by atoms with E-state index in [0.29, 0.717) is 25.9 Å². The summed E-state index contributed by atoms with van der Waals surface area (Å²) in [4.78, 5) is 45.2. The molecule has 2 fully saturated rings. The van der Waals surface area contributed by atoms with Crippen LogP contribution < -0.4 is 4.90 Å². The second kappa shape index (κ2) is 9.92. The smallest absolute Gasteiger partial charge is 0.313 e. The van der Waals surface area contributed by atoms with E-state index in [9.17, 15) is 14.4 Å². The molecule has 6 rings (SSSR count). The Morgan fingerprint density at radius 3 is 2.54 bits per heavy atom. The van der Waals surface area contributed by atoms with Gasteiger partial charge in [-0.3, -0.25) is 14.4 Å². The highest BCUT2D eigenvalue weighted by Crippen LogP contribution is 2.57. The SMILES string of the molecule is C[C@]12C=CCOC(=O)[C@H]1[C@H]1C(=O)N(CCCCCCO)C3C(=O)N(c4ccc5ccccc5c4)CC=C[C@@]31O2. The van der Waals surface area contributed by atoms with Gasteiger partial charge in [-0.1, -0.05) is 61.4 Å². The molecule has 204 valence electrons. The van der Waals surface area contributed by atoms with Gasteiger partial charge in [0.05, 0.1) is 11.5 Å². The Hall–Kier alpha value is -3.49. The van der Waals surface area contributed by atoms with E-state index in [-0.39, 0.29) is 25.0 Å². The van der Waals surface area contributed by atoms with Crippen LogP contribution in [-0.4, -0.2) is 71.3 Å². The van der Waals surface area contributed by atoms with E-state index in [2.05, 4.69) is 0 Å². The van der Waals surface area contributed by atoms with Crippen LogP contribution in [0.25, 0.3) is 10.8 Å². The minimum Gasteiger partial charge on any atom is -0.461 e. The van der Waals surface area contributed by atoms with Gasteiger partial charge in [0.1, 0.15) is 24.2 Å². The number of aliphatic hydroxyl groups is 1. The maximum Gasteiger partial charge on any atom is 0.313 e. The predicted molar refractivity (Wildman–Crippen MR) is 146 cm³/mol. The lowest BCUT2D eigenvalue weighted by atomic mass is 9.75. The molecule has 2 aromatic carbocycles. The third-order valence-corrected chi connectivity index (χ3v) is 8.66. The third-order valence-electron chi connectivity index (χ3n) is 8.66. The van der Waals surface area contributed by atoms with Crippen LogP contribution >= 0.6 is 0 Å². The number of hydrogen-bond donors (Lipinski definition) is 1. The fourth-order valence-electron chi connectivity index (χ4n) is 6.92. The number of likely N-dealkylation sites (tertiary alicyclic amines) is 1. The number of cyclic esters (lactones) is 1. The molecule has 1 N–H and O–H groups in total. The number of ether oxygens (including phenoxy) is 2. The Morgan fingerprint density at radius 1 is 0.923 bits per heavy atom. The zero-order chi connectivity index (χ0) is 27.2. The number of aliphatic hydroxyl groups excluding tert-OH is 1. The summed E-state index contributed by atoms with van der Waals surface area (Å²) in [6.07, 6.45) is 10.3. The minimum absolute atomic E-state index is 0.129. The Morgan fingerprint density at radius 2 is 1.72 bits per heavy atom. The molecule has 39 heavy (non-hydrogen) atoms. The molecule has 2 aromatic rings. The number of hydrogen-bond acceptors (Lipinski definition) is 6. The maximum absolute atomic E-state index is 14.5. The van der Waals surface area contributed by atoms with E-state index in [0.717, 1.165) is 29.3 Å². The normalized spacial score (nSPS) is 31.6. The van der Waals surface area contributed by atoms with Gasteiger partial charge in [-0.15, -0.1) is 0 Å². The molecule has 1 unspecified atom stereocenters. The van der Waals surface area contributed by atoms with Crippen molar-refractivity contribution in [3.05, 3.63) is 66.8 Å². The van der Waals surface area contributed by atoms with Crippen LogP contribution in [0, 0.1) is 11.8 Å². The Bertz CT molecular complexity index is 1370. The molecule has 0 radical (unpaired) electrons. The molecule has 4 aliphatic heterocycles. The lowest BCUT2D eigenvalue weighted by Gasteiger charge is -2.37. The Kier molecular flexibility index (Phi) is 6.55. The standard InChI is InChI=1S/C31H34N2O6/c1-30-14-9-19-38-29(37)25(30)24-27(35)33(16-6-2-3-7-18-34)26-28(36)32(17-8-15-31(24,26)39-30)23-13-12-21-10-4-5-11-22(21)20-23/h4-5,8-15,20,24-26,34H,2-3,6-7,16-19H2,1H3/t24-,25+,26?,30-,31-/m0/s1.